The van der Waals surface area contributed by atoms with Crippen LogP contribution in [0.3, 0.4) is 0 Å². The predicted molar refractivity (Wildman–Crippen MR) is 68.4 cm³/mol. The van der Waals surface area contributed by atoms with Gasteiger partial charge in [0, 0.05) is 6.54 Å². The third-order valence-electron chi connectivity index (χ3n) is 3.33. The van der Waals surface area contributed by atoms with Crippen molar-refractivity contribution in [2.45, 2.75) is 38.1 Å². The topological polar surface area (TPSA) is 30.3 Å². The first-order valence-corrected chi connectivity index (χ1v) is 6.57. The molecular formula is C13H23N3O. The first kappa shape index (κ1) is 12.4. The van der Waals surface area contributed by atoms with E-state index in [9.17, 15) is 0 Å². The van der Waals surface area contributed by atoms with Crippen molar-refractivity contribution in [1.82, 2.24) is 14.7 Å². The Morgan fingerprint density at radius 1 is 1.35 bits per heavy atom. The van der Waals surface area contributed by atoms with E-state index in [1.54, 1.807) is 0 Å². The smallest absolute Gasteiger partial charge is 0.157 e. The van der Waals surface area contributed by atoms with E-state index >= 15 is 0 Å². The number of hydrogen-bond donors (Lipinski definition) is 0. The zero-order valence-corrected chi connectivity index (χ0v) is 10.9. The number of nitrogens with zero attached hydrogens (tertiary/aromatic N) is 3. The van der Waals surface area contributed by atoms with Gasteiger partial charge in [-0.05, 0) is 26.9 Å². The molecule has 1 aliphatic carbocycles. The molecule has 96 valence electrons. The molecule has 4 nitrogen and oxygen atoms in total. The van der Waals surface area contributed by atoms with Gasteiger partial charge in [-0.15, -0.1) is 0 Å². The largest absolute Gasteiger partial charge is 0.489 e. The minimum atomic E-state index is 0.593. The van der Waals surface area contributed by atoms with Crippen molar-refractivity contribution in [3.05, 3.63) is 12.4 Å². The third kappa shape index (κ3) is 3.73. The Kier molecular flexibility index (Phi) is 4.42. The fourth-order valence-corrected chi connectivity index (χ4v) is 2.29. The molecule has 0 N–H and O–H groups in total. The van der Waals surface area contributed by atoms with Crippen LogP contribution in [-0.2, 0) is 0 Å². The van der Waals surface area contributed by atoms with Crippen LogP contribution in [-0.4, -0.2) is 41.9 Å². The van der Waals surface area contributed by atoms with Crippen LogP contribution in [0.4, 0.5) is 0 Å². The van der Waals surface area contributed by atoms with Crippen LogP contribution >= 0.6 is 0 Å². The van der Waals surface area contributed by atoms with Crippen molar-refractivity contribution < 1.29 is 4.74 Å². The minimum Gasteiger partial charge on any atom is -0.489 e. The van der Waals surface area contributed by atoms with Crippen LogP contribution in [0.2, 0.25) is 0 Å². The second-order valence-electron chi connectivity index (χ2n) is 5.10. The van der Waals surface area contributed by atoms with Gasteiger partial charge in [0.25, 0.3) is 0 Å². The normalized spacial score (nSPS) is 17.6. The molecule has 0 bridgehead atoms. The highest BCUT2D eigenvalue weighted by atomic mass is 16.5. The lowest BCUT2D eigenvalue weighted by molar-refractivity contribution is 0.260. The first-order chi connectivity index (χ1) is 8.25. The van der Waals surface area contributed by atoms with Crippen molar-refractivity contribution in [1.29, 1.82) is 0 Å². The summed E-state index contributed by atoms with van der Waals surface area (Å²) in [6.45, 7) is 1.66. The average molecular weight is 237 g/mol. The molecule has 0 aliphatic heterocycles. The highest BCUT2D eigenvalue weighted by Gasteiger charge is 2.16. The lowest BCUT2D eigenvalue weighted by atomic mass is 9.96. The van der Waals surface area contributed by atoms with Crippen molar-refractivity contribution in [2.75, 3.05) is 27.2 Å². The molecule has 0 unspecified atom stereocenters. The molecule has 2 rings (SSSR count). The van der Waals surface area contributed by atoms with Crippen LogP contribution in [0, 0.1) is 0 Å². The molecular weight excluding hydrogens is 214 g/mol. The maximum Gasteiger partial charge on any atom is 0.157 e. The zero-order chi connectivity index (χ0) is 12.1. The summed E-state index contributed by atoms with van der Waals surface area (Å²) in [6, 6.07) is 0.593. The van der Waals surface area contributed by atoms with Gasteiger partial charge < -0.3 is 9.64 Å². The standard InChI is InChI=1S/C13H23N3O/c1-15(2)8-9-17-13-10-14-16(11-13)12-6-4-3-5-7-12/h10-12H,3-9H2,1-2H3. The van der Waals surface area contributed by atoms with Gasteiger partial charge in [0.2, 0.25) is 0 Å². The summed E-state index contributed by atoms with van der Waals surface area (Å²) in [5.41, 5.74) is 0. The van der Waals surface area contributed by atoms with Gasteiger partial charge in [-0.2, -0.15) is 5.10 Å². The highest BCUT2D eigenvalue weighted by Crippen LogP contribution is 2.28. The van der Waals surface area contributed by atoms with Crippen LogP contribution in [0.5, 0.6) is 5.75 Å². The van der Waals surface area contributed by atoms with E-state index in [0.29, 0.717) is 6.04 Å². The molecule has 0 atom stereocenters. The minimum absolute atomic E-state index is 0.593. The third-order valence-corrected chi connectivity index (χ3v) is 3.33. The molecule has 0 aromatic carbocycles. The van der Waals surface area contributed by atoms with E-state index in [1.807, 2.05) is 12.4 Å². The van der Waals surface area contributed by atoms with Gasteiger partial charge >= 0.3 is 0 Å². The maximum atomic E-state index is 5.66. The summed E-state index contributed by atoms with van der Waals surface area (Å²) in [5, 5.41) is 4.42. The molecule has 1 aromatic rings. The second kappa shape index (κ2) is 6.05. The Hall–Kier alpha value is -1.03. The lowest BCUT2D eigenvalue weighted by Crippen LogP contribution is -2.19. The van der Waals surface area contributed by atoms with E-state index in [2.05, 4.69) is 28.8 Å². The molecule has 17 heavy (non-hydrogen) atoms. The number of rotatable bonds is 5. The molecule has 0 radical (unpaired) electrons. The maximum absolute atomic E-state index is 5.66. The second-order valence-corrected chi connectivity index (χ2v) is 5.10. The number of ether oxygens (including phenoxy) is 1. The Labute approximate surface area is 104 Å². The summed E-state index contributed by atoms with van der Waals surface area (Å²) in [6.07, 6.45) is 10.5. The van der Waals surface area contributed by atoms with E-state index in [0.717, 1.165) is 18.9 Å². The summed E-state index contributed by atoms with van der Waals surface area (Å²) < 4.78 is 7.75. The summed E-state index contributed by atoms with van der Waals surface area (Å²) in [7, 11) is 4.10. The van der Waals surface area contributed by atoms with Crippen molar-refractivity contribution in [3.63, 3.8) is 0 Å². The van der Waals surface area contributed by atoms with E-state index in [1.165, 1.54) is 32.1 Å². The number of hydrogen-bond acceptors (Lipinski definition) is 3. The average Bonchev–Trinajstić information content (AvgIpc) is 2.78. The van der Waals surface area contributed by atoms with Crippen molar-refractivity contribution >= 4 is 0 Å². The molecule has 0 saturated heterocycles. The van der Waals surface area contributed by atoms with E-state index in [-0.39, 0.29) is 0 Å². The first-order valence-electron chi connectivity index (χ1n) is 6.57. The predicted octanol–water partition coefficient (Wildman–Crippen LogP) is 2.33. The number of aromatic nitrogens is 2. The van der Waals surface area contributed by atoms with Gasteiger partial charge in [-0.1, -0.05) is 19.3 Å². The monoisotopic (exact) mass is 237 g/mol. The molecule has 0 spiro atoms. The molecule has 1 heterocycles. The Morgan fingerprint density at radius 2 is 2.12 bits per heavy atom. The highest BCUT2D eigenvalue weighted by molar-refractivity contribution is 5.12. The fraction of sp³-hybridized carbons (Fsp3) is 0.769. The zero-order valence-electron chi connectivity index (χ0n) is 10.9. The molecule has 1 aromatic heterocycles. The SMILES string of the molecule is CN(C)CCOc1cnn(C2CCCCC2)c1. The van der Waals surface area contributed by atoms with Crippen LogP contribution in [0.25, 0.3) is 0 Å². The number of likely N-dealkylation sites (N-methyl/N-ethyl adjacent to an activating group) is 1. The Balaban J connectivity index is 1.82. The summed E-state index contributed by atoms with van der Waals surface area (Å²) in [5.74, 6) is 0.900. The summed E-state index contributed by atoms with van der Waals surface area (Å²) in [4.78, 5) is 2.12. The van der Waals surface area contributed by atoms with E-state index in [4.69, 9.17) is 4.74 Å². The lowest BCUT2D eigenvalue weighted by Gasteiger charge is -2.21. The fourth-order valence-electron chi connectivity index (χ4n) is 2.29. The molecule has 4 heteroatoms. The van der Waals surface area contributed by atoms with Crippen LogP contribution in [0.15, 0.2) is 12.4 Å². The van der Waals surface area contributed by atoms with Gasteiger partial charge in [0.05, 0.1) is 18.4 Å². The van der Waals surface area contributed by atoms with Crippen LogP contribution < -0.4 is 4.74 Å². The van der Waals surface area contributed by atoms with Gasteiger partial charge in [-0.25, -0.2) is 0 Å². The van der Waals surface area contributed by atoms with Gasteiger partial charge in [-0.3, -0.25) is 4.68 Å². The Bertz CT molecular complexity index is 329. The summed E-state index contributed by atoms with van der Waals surface area (Å²) >= 11 is 0. The molecule has 0 amide bonds. The molecule has 1 fully saturated rings. The van der Waals surface area contributed by atoms with Gasteiger partial charge in [0.1, 0.15) is 6.61 Å². The Morgan fingerprint density at radius 3 is 2.82 bits per heavy atom. The molecule has 1 saturated carbocycles. The molecule has 1 aliphatic rings. The van der Waals surface area contributed by atoms with Crippen LogP contribution in [0.1, 0.15) is 38.1 Å². The van der Waals surface area contributed by atoms with Crippen molar-refractivity contribution in [3.8, 4) is 5.75 Å². The van der Waals surface area contributed by atoms with Gasteiger partial charge in [0.15, 0.2) is 5.75 Å². The van der Waals surface area contributed by atoms with E-state index < -0.39 is 0 Å². The van der Waals surface area contributed by atoms with Crippen molar-refractivity contribution in [2.24, 2.45) is 0 Å². The quantitative estimate of drug-likeness (QED) is 0.787.